The van der Waals surface area contributed by atoms with Crippen molar-refractivity contribution in [3.8, 4) is 0 Å². The van der Waals surface area contributed by atoms with Gasteiger partial charge in [0.05, 0.1) is 20.6 Å². The summed E-state index contributed by atoms with van der Waals surface area (Å²) in [5.74, 6) is -0.943. The number of carbonyl (C=O) groups excluding carboxylic acids is 2. The summed E-state index contributed by atoms with van der Waals surface area (Å²) in [7, 11) is -4.31. The van der Waals surface area contributed by atoms with Crippen LogP contribution in [-0.4, -0.2) is 44.3 Å². The zero-order chi connectivity index (χ0) is 33.3. The van der Waals surface area contributed by atoms with Crippen LogP contribution in [0, 0.1) is 6.92 Å². The van der Waals surface area contributed by atoms with Crippen molar-refractivity contribution in [2.45, 2.75) is 50.6 Å². The van der Waals surface area contributed by atoms with Crippen LogP contribution in [0.3, 0.4) is 0 Å². The van der Waals surface area contributed by atoms with E-state index in [9.17, 15) is 18.0 Å². The van der Waals surface area contributed by atoms with Crippen molar-refractivity contribution < 1.29 is 18.0 Å². The number of aryl methyl sites for hydroxylation is 1. The fourth-order valence-corrected chi connectivity index (χ4v) is 6.88. The van der Waals surface area contributed by atoms with E-state index in [1.54, 1.807) is 42.5 Å². The quantitative estimate of drug-likeness (QED) is 0.137. The number of rotatable bonds is 14. The van der Waals surface area contributed by atoms with E-state index in [0.717, 1.165) is 28.3 Å². The maximum atomic E-state index is 14.5. The molecule has 0 bridgehead atoms. The number of nitrogens with zero attached hydrogens (tertiary/aromatic N) is 2. The second-order valence-corrected chi connectivity index (χ2v) is 14.0. The number of amides is 2. The van der Waals surface area contributed by atoms with Crippen LogP contribution in [0.25, 0.3) is 0 Å². The van der Waals surface area contributed by atoms with Crippen LogP contribution in [0.15, 0.2) is 102 Å². The Morgan fingerprint density at radius 2 is 1.50 bits per heavy atom. The smallest absolute Gasteiger partial charge is 0.264 e. The molecule has 46 heavy (non-hydrogen) atoms. The topological polar surface area (TPSA) is 86.8 Å². The number of hydrogen-bond acceptors (Lipinski definition) is 4. The first-order valence-corrected chi connectivity index (χ1v) is 17.5. The van der Waals surface area contributed by atoms with Crippen LogP contribution in [0.5, 0.6) is 0 Å². The molecule has 4 aromatic carbocycles. The van der Waals surface area contributed by atoms with Gasteiger partial charge < -0.3 is 10.2 Å². The highest BCUT2D eigenvalue weighted by Gasteiger charge is 2.35. The monoisotopic (exact) mass is 699 g/mol. The minimum absolute atomic E-state index is 0.0185. The van der Waals surface area contributed by atoms with E-state index >= 15 is 0 Å². The number of hydrogen-bond donors (Lipinski definition) is 1. The minimum Gasteiger partial charge on any atom is -0.354 e. The lowest BCUT2D eigenvalue weighted by Crippen LogP contribution is -2.53. The van der Waals surface area contributed by atoms with Crippen molar-refractivity contribution >= 4 is 62.3 Å². The second-order valence-electron chi connectivity index (χ2n) is 10.9. The van der Waals surface area contributed by atoms with E-state index in [1.807, 2.05) is 44.2 Å². The molecule has 4 rings (SSSR count). The molecule has 1 N–H and O–H groups in total. The van der Waals surface area contributed by atoms with E-state index in [2.05, 4.69) is 5.32 Å². The SMILES string of the molecule is CCCCNC(=O)[C@@H](Cc1ccccc1)N(Cc1ccc(Cl)cc1)C(=O)CN(c1cccc(Cl)c1Cl)S(=O)(=O)c1ccc(C)cc1. The van der Waals surface area contributed by atoms with Gasteiger partial charge in [-0.25, -0.2) is 8.42 Å². The molecule has 0 spiro atoms. The van der Waals surface area contributed by atoms with Crippen molar-refractivity contribution in [3.05, 3.63) is 129 Å². The number of benzene rings is 4. The van der Waals surface area contributed by atoms with Crippen molar-refractivity contribution in [2.24, 2.45) is 0 Å². The van der Waals surface area contributed by atoms with Gasteiger partial charge in [-0.15, -0.1) is 0 Å². The molecule has 242 valence electrons. The van der Waals surface area contributed by atoms with Gasteiger partial charge in [0.15, 0.2) is 0 Å². The summed E-state index contributed by atoms with van der Waals surface area (Å²) in [6, 6.07) is 26.3. The average Bonchev–Trinajstić information content (AvgIpc) is 3.04. The Bertz CT molecular complexity index is 1740. The molecule has 7 nitrogen and oxygen atoms in total. The van der Waals surface area contributed by atoms with E-state index in [-0.39, 0.29) is 39.5 Å². The highest BCUT2D eigenvalue weighted by molar-refractivity contribution is 7.92. The summed E-state index contributed by atoms with van der Waals surface area (Å²) in [5, 5.41) is 3.60. The Kier molecular flexibility index (Phi) is 12.5. The number of carbonyl (C=O) groups is 2. The first-order valence-electron chi connectivity index (χ1n) is 14.9. The van der Waals surface area contributed by atoms with Crippen molar-refractivity contribution in [1.82, 2.24) is 10.2 Å². The summed E-state index contributed by atoms with van der Waals surface area (Å²) in [6.07, 6.45) is 1.86. The molecule has 0 aliphatic rings. The molecule has 0 aliphatic carbocycles. The normalized spacial score (nSPS) is 11.9. The Balaban J connectivity index is 1.81. The van der Waals surface area contributed by atoms with Crippen LogP contribution in [0.1, 0.15) is 36.5 Å². The minimum atomic E-state index is -4.31. The van der Waals surface area contributed by atoms with E-state index in [0.29, 0.717) is 17.1 Å². The third kappa shape index (κ3) is 9.04. The molecule has 0 fully saturated rings. The van der Waals surface area contributed by atoms with E-state index < -0.39 is 28.5 Å². The van der Waals surface area contributed by atoms with Gasteiger partial charge in [-0.2, -0.15) is 0 Å². The summed E-state index contributed by atoms with van der Waals surface area (Å²) in [4.78, 5) is 29.8. The highest BCUT2D eigenvalue weighted by atomic mass is 35.5. The van der Waals surface area contributed by atoms with Gasteiger partial charge in [-0.1, -0.05) is 114 Å². The van der Waals surface area contributed by atoms with E-state index in [1.165, 1.54) is 29.2 Å². The lowest BCUT2D eigenvalue weighted by Gasteiger charge is -2.34. The summed E-state index contributed by atoms with van der Waals surface area (Å²) < 4.78 is 29.3. The first-order chi connectivity index (χ1) is 22.0. The molecule has 0 unspecified atom stereocenters. The molecule has 0 aromatic heterocycles. The number of halogens is 3. The zero-order valence-electron chi connectivity index (χ0n) is 25.6. The molecule has 0 aliphatic heterocycles. The number of sulfonamides is 1. The second kappa shape index (κ2) is 16.3. The Labute approximate surface area is 286 Å². The van der Waals surface area contributed by atoms with Crippen molar-refractivity contribution in [3.63, 3.8) is 0 Å². The van der Waals surface area contributed by atoms with Crippen LogP contribution in [-0.2, 0) is 32.6 Å². The lowest BCUT2D eigenvalue weighted by molar-refractivity contribution is -0.140. The van der Waals surface area contributed by atoms with Crippen molar-refractivity contribution in [1.29, 1.82) is 0 Å². The van der Waals surface area contributed by atoms with Gasteiger partial charge in [0, 0.05) is 24.5 Å². The molecular weight excluding hydrogens is 665 g/mol. The molecule has 4 aromatic rings. The molecule has 2 amide bonds. The average molecular weight is 701 g/mol. The van der Waals surface area contributed by atoms with E-state index in [4.69, 9.17) is 34.8 Å². The number of nitrogens with one attached hydrogen (secondary N) is 1. The van der Waals surface area contributed by atoms with Gasteiger partial charge in [0.2, 0.25) is 11.8 Å². The predicted molar refractivity (Wildman–Crippen MR) is 186 cm³/mol. The number of unbranched alkanes of at least 4 members (excludes halogenated alkanes) is 1. The summed E-state index contributed by atoms with van der Waals surface area (Å²) in [6.45, 7) is 3.69. The summed E-state index contributed by atoms with van der Waals surface area (Å²) in [5.41, 5.74) is 2.47. The molecule has 1 atom stereocenters. The first kappa shape index (κ1) is 35.3. The fraction of sp³-hybridized carbons (Fsp3) is 0.257. The van der Waals surface area contributed by atoms with Gasteiger partial charge >= 0.3 is 0 Å². The molecular formula is C35H36Cl3N3O4S. The number of anilines is 1. The zero-order valence-corrected chi connectivity index (χ0v) is 28.7. The van der Waals surface area contributed by atoms with Crippen molar-refractivity contribution in [2.75, 3.05) is 17.4 Å². The standard InChI is InChI=1S/C35H36Cl3N3O4S/c1-3-4-21-39-35(43)32(22-26-9-6-5-7-10-26)40(23-27-15-17-28(36)18-16-27)33(42)24-41(31-12-8-11-30(37)34(31)38)46(44,45)29-19-13-25(2)14-20-29/h5-20,32H,3-4,21-24H2,1-2H3,(H,39,43)/t32-/m1/s1. The summed E-state index contributed by atoms with van der Waals surface area (Å²) >= 11 is 19.0. The van der Waals surface area contributed by atoms with Gasteiger partial charge in [-0.05, 0) is 60.9 Å². The molecule has 0 heterocycles. The molecule has 0 saturated carbocycles. The maximum Gasteiger partial charge on any atom is 0.264 e. The van der Waals surface area contributed by atoms with Crippen LogP contribution in [0.2, 0.25) is 15.1 Å². The molecule has 0 radical (unpaired) electrons. The highest BCUT2D eigenvalue weighted by Crippen LogP contribution is 2.35. The largest absolute Gasteiger partial charge is 0.354 e. The predicted octanol–water partition coefficient (Wildman–Crippen LogP) is 7.71. The van der Waals surface area contributed by atoms with Crippen LogP contribution >= 0.6 is 34.8 Å². The van der Waals surface area contributed by atoms with Gasteiger partial charge in [-0.3, -0.25) is 13.9 Å². The third-order valence-corrected chi connectivity index (χ3v) is 10.3. The molecule has 11 heteroatoms. The maximum absolute atomic E-state index is 14.5. The molecule has 0 saturated heterocycles. The Morgan fingerprint density at radius 1 is 0.826 bits per heavy atom. The lowest BCUT2D eigenvalue weighted by atomic mass is 10.0. The van der Waals surface area contributed by atoms with Gasteiger partial charge in [0.1, 0.15) is 12.6 Å². The fourth-order valence-electron chi connectivity index (χ4n) is 4.88. The third-order valence-electron chi connectivity index (χ3n) is 7.45. The Hall–Kier alpha value is -3.56. The van der Waals surface area contributed by atoms with Crippen LogP contribution < -0.4 is 9.62 Å². The van der Waals surface area contributed by atoms with Gasteiger partial charge in [0.25, 0.3) is 10.0 Å². The Morgan fingerprint density at radius 3 is 2.15 bits per heavy atom. The van der Waals surface area contributed by atoms with Crippen LogP contribution in [0.4, 0.5) is 5.69 Å².